The van der Waals surface area contributed by atoms with Crippen molar-refractivity contribution in [2.45, 2.75) is 75.0 Å². The Bertz CT molecular complexity index is 729. The molecule has 0 radical (unpaired) electrons. The van der Waals surface area contributed by atoms with Crippen LogP contribution < -0.4 is 5.32 Å². The molecule has 4 atom stereocenters. The molecule has 1 aromatic carbocycles. The zero-order chi connectivity index (χ0) is 18.2. The van der Waals surface area contributed by atoms with Crippen LogP contribution in [0.1, 0.15) is 56.6 Å². The molecule has 4 aliphatic rings. The minimum Gasteiger partial charge on any atom is -0.508 e. The zero-order valence-electron chi connectivity index (χ0n) is 16.1. The van der Waals surface area contributed by atoms with Crippen molar-refractivity contribution in [2.24, 2.45) is 5.41 Å². The third kappa shape index (κ3) is 2.25. The fraction of sp³-hybridized carbons (Fsp3) is 0.727. The molecular weight excluding hydrogens is 324 g/mol. The molecule has 3 aliphatic carbocycles. The van der Waals surface area contributed by atoms with Crippen LogP contribution in [0, 0.1) is 5.41 Å². The van der Waals surface area contributed by atoms with Gasteiger partial charge >= 0.3 is 0 Å². The van der Waals surface area contributed by atoms with Gasteiger partial charge in [-0.1, -0.05) is 32.3 Å². The Morgan fingerprint density at radius 3 is 2.73 bits per heavy atom. The molecule has 3 fully saturated rings. The Balaban J connectivity index is 1.48. The molecule has 3 N–H and O–H groups in total. The monoisotopic (exact) mass is 356 g/mol. The van der Waals surface area contributed by atoms with Crippen LogP contribution >= 0.6 is 0 Å². The highest BCUT2D eigenvalue weighted by atomic mass is 16.3. The molecule has 0 aromatic heterocycles. The molecule has 4 nitrogen and oxygen atoms in total. The van der Waals surface area contributed by atoms with Crippen molar-refractivity contribution in [1.82, 2.24) is 10.2 Å². The van der Waals surface area contributed by atoms with Crippen LogP contribution in [0.15, 0.2) is 18.2 Å². The standard InChI is InChI=1S/C22H32N2O2/c1-20-12-21(11-15-6-7-16(25)10-17(15)20)14-24(2)19(21)18(20)23-13-22(26)8-4-3-5-9-22/h6-7,10,18-19,23,25-26H,3-5,8-9,11-14H2,1-2H3/t18-,19?,20+,21?/m0/s1. The Morgan fingerprint density at radius 1 is 1.23 bits per heavy atom. The van der Waals surface area contributed by atoms with Crippen LogP contribution in [0.3, 0.4) is 0 Å². The number of hydrogen-bond donors (Lipinski definition) is 3. The molecule has 0 amide bonds. The van der Waals surface area contributed by atoms with Crippen LogP contribution in [0.25, 0.3) is 0 Å². The van der Waals surface area contributed by atoms with E-state index < -0.39 is 5.60 Å². The van der Waals surface area contributed by atoms with E-state index in [9.17, 15) is 10.2 Å². The summed E-state index contributed by atoms with van der Waals surface area (Å²) in [5, 5.41) is 25.0. The number of phenolic OH excluding ortho intramolecular Hbond substituents is 1. The average Bonchev–Trinajstić information content (AvgIpc) is 2.76. The van der Waals surface area contributed by atoms with E-state index in [4.69, 9.17) is 0 Å². The fourth-order valence-electron chi connectivity index (χ4n) is 7.14. The molecule has 1 saturated heterocycles. The molecule has 26 heavy (non-hydrogen) atoms. The van der Waals surface area contributed by atoms with Gasteiger partial charge in [-0.15, -0.1) is 0 Å². The topological polar surface area (TPSA) is 55.7 Å². The summed E-state index contributed by atoms with van der Waals surface area (Å²) in [7, 11) is 2.24. The number of phenols is 1. The van der Waals surface area contributed by atoms with Crippen LogP contribution in [0.4, 0.5) is 0 Å². The van der Waals surface area contributed by atoms with E-state index in [1.807, 2.05) is 12.1 Å². The maximum atomic E-state index is 11.0. The van der Waals surface area contributed by atoms with Gasteiger partial charge in [0.15, 0.2) is 0 Å². The maximum absolute atomic E-state index is 11.0. The van der Waals surface area contributed by atoms with E-state index in [0.29, 0.717) is 29.8 Å². The lowest BCUT2D eigenvalue weighted by molar-refractivity contribution is -0.0484. The lowest BCUT2D eigenvalue weighted by Crippen LogP contribution is -2.67. The average molecular weight is 357 g/mol. The van der Waals surface area contributed by atoms with E-state index in [-0.39, 0.29) is 5.41 Å². The predicted octanol–water partition coefficient (Wildman–Crippen LogP) is 2.56. The number of aliphatic hydroxyl groups is 1. The number of likely N-dealkylation sites (N-methyl/N-ethyl adjacent to an activating group) is 1. The quantitative estimate of drug-likeness (QED) is 0.779. The van der Waals surface area contributed by atoms with Crippen molar-refractivity contribution < 1.29 is 10.2 Å². The van der Waals surface area contributed by atoms with E-state index >= 15 is 0 Å². The van der Waals surface area contributed by atoms with Crippen molar-refractivity contribution in [3.63, 3.8) is 0 Å². The molecule has 1 aromatic rings. The summed E-state index contributed by atoms with van der Waals surface area (Å²) >= 11 is 0. The minimum absolute atomic E-state index is 0.0206. The highest BCUT2D eigenvalue weighted by molar-refractivity contribution is 5.49. The summed E-state index contributed by atoms with van der Waals surface area (Å²) in [4.78, 5) is 2.50. The number of nitrogens with one attached hydrogen (secondary N) is 1. The first-order chi connectivity index (χ1) is 12.4. The maximum Gasteiger partial charge on any atom is 0.115 e. The molecule has 4 heteroatoms. The molecule has 1 heterocycles. The zero-order valence-corrected chi connectivity index (χ0v) is 16.1. The van der Waals surface area contributed by atoms with Gasteiger partial charge in [0, 0.05) is 36.0 Å². The van der Waals surface area contributed by atoms with E-state index in [1.54, 1.807) is 0 Å². The number of nitrogens with zero attached hydrogens (tertiary/aromatic N) is 1. The van der Waals surface area contributed by atoms with Gasteiger partial charge < -0.3 is 20.4 Å². The van der Waals surface area contributed by atoms with Crippen molar-refractivity contribution >= 4 is 0 Å². The van der Waals surface area contributed by atoms with E-state index in [2.05, 4.69) is 30.3 Å². The van der Waals surface area contributed by atoms with Gasteiger partial charge in [0.1, 0.15) is 5.75 Å². The van der Waals surface area contributed by atoms with Gasteiger partial charge in [-0.05, 0) is 56.0 Å². The van der Waals surface area contributed by atoms with Crippen molar-refractivity contribution in [2.75, 3.05) is 20.1 Å². The van der Waals surface area contributed by atoms with Gasteiger partial charge in [-0.3, -0.25) is 0 Å². The molecule has 2 saturated carbocycles. The summed E-state index contributed by atoms with van der Waals surface area (Å²) in [6.07, 6.45) is 7.69. The largest absolute Gasteiger partial charge is 0.508 e. The smallest absolute Gasteiger partial charge is 0.115 e. The highest BCUT2D eigenvalue weighted by Crippen LogP contribution is 2.63. The number of likely N-dealkylation sites (tertiary alicyclic amines) is 1. The minimum atomic E-state index is -0.539. The molecule has 2 unspecified atom stereocenters. The predicted molar refractivity (Wildman–Crippen MR) is 102 cm³/mol. The first-order valence-electron chi connectivity index (χ1n) is 10.3. The summed E-state index contributed by atoms with van der Waals surface area (Å²) in [5.74, 6) is 0.373. The second kappa shape index (κ2) is 5.46. The number of fused-ring (bicyclic) bond motifs is 3. The molecular formula is C22H32N2O2. The first kappa shape index (κ1) is 17.0. The second-order valence-corrected chi connectivity index (χ2v) is 9.98. The molecule has 1 spiro atoms. The number of benzene rings is 1. The number of aromatic hydroxyl groups is 1. The third-order valence-corrected chi connectivity index (χ3v) is 8.07. The van der Waals surface area contributed by atoms with E-state index in [1.165, 1.54) is 24.0 Å². The number of hydrogen-bond acceptors (Lipinski definition) is 4. The Labute approximate surface area is 156 Å². The Morgan fingerprint density at radius 2 is 2.00 bits per heavy atom. The van der Waals surface area contributed by atoms with Crippen molar-refractivity contribution in [3.8, 4) is 5.75 Å². The summed E-state index contributed by atoms with van der Waals surface area (Å²) < 4.78 is 0. The van der Waals surface area contributed by atoms with Gasteiger partial charge in [-0.25, -0.2) is 0 Å². The molecule has 142 valence electrons. The van der Waals surface area contributed by atoms with Gasteiger partial charge in [-0.2, -0.15) is 0 Å². The van der Waals surface area contributed by atoms with Crippen LogP contribution in [-0.2, 0) is 11.8 Å². The molecule has 2 bridgehead atoms. The Kier molecular flexibility index (Phi) is 3.58. The lowest BCUT2D eigenvalue weighted by atomic mass is 9.63. The molecule has 5 rings (SSSR count). The molecule has 1 aliphatic heterocycles. The number of rotatable bonds is 3. The van der Waals surface area contributed by atoms with Crippen molar-refractivity contribution in [1.29, 1.82) is 0 Å². The van der Waals surface area contributed by atoms with Crippen LogP contribution in [0.2, 0.25) is 0 Å². The van der Waals surface area contributed by atoms with Crippen molar-refractivity contribution in [3.05, 3.63) is 29.3 Å². The van der Waals surface area contributed by atoms with Gasteiger partial charge in [0.2, 0.25) is 0 Å². The SMILES string of the molecule is CN1CC23Cc4ccc(O)cc4[C@@](C)(C2)[C@@H](NCC2(O)CCCCC2)C13. The van der Waals surface area contributed by atoms with Crippen LogP contribution in [-0.4, -0.2) is 52.9 Å². The second-order valence-electron chi connectivity index (χ2n) is 9.98. The summed E-state index contributed by atoms with van der Waals surface area (Å²) in [6, 6.07) is 6.82. The highest BCUT2D eigenvalue weighted by Gasteiger charge is 2.68. The normalized spacial score (nSPS) is 40.6. The van der Waals surface area contributed by atoms with Gasteiger partial charge in [0.25, 0.3) is 0 Å². The summed E-state index contributed by atoms with van der Waals surface area (Å²) in [5.41, 5.74) is 2.57. The lowest BCUT2D eigenvalue weighted by Gasteiger charge is -2.55. The fourth-order valence-corrected chi connectivity index (χ4v) is 7.14. The summed E-state index contributed by atoms with van der Waals surface area (Å²) in [6.45, 7) is 4.23. The third-order valence-electron chi connectivity index (χ3n) is 8.07. The van der Waals surface area contributed by atoms with Gasteiger partial charge in [0.05, 0.1) is 5.60 Å². The Hall–Kier alpha value is -1.10. The van der Waals surface area contributed by atoms with E-state index in [0.717, 1.165) is 38.6 Å². The van der Waals surface area contributed by atoms with Crippen LogP contribution in [0.5, 0.6) is 5.75 Å². The first-order valence-corrected chi connectivity index (χ1v) is 10.3.